The molecule has 0 amide bonds. The fraction of sp³-hybridized carbons (Fsp3) is 0.208. The van der Waals surface area contributed by atoms with Gasteiger partial charge in [0.2, 0.25) is 0 Å². The first-order chi connectivity index (χ1) is 14.2. The van der Waals surface area contributed by atoms with Crippen LogP contribution in [0.4, 0.5) is 19.0 Å². The molecule has 6 heteroatoms. The summed E-state index contributed by atoms with van der Waals surface area (Å²) >= 11 is 0. The molecule has 0 unspecified atom stereocenters. The van der Waals surface area contributed by atoms with Crippen molar-refractivity contribution in [3.8, 4) is 11.3 Å². The van der Waals surface area contributed by atoms with Crippen molar-refractivity contribution in [3.63, 3.8) is 0 Å². The summed E-state index contributed by atoms with van der Waals surface area (Å²) in [6, 6.07) is 7.19. The molecule has 1 aromatic carbocycles. The molecule has 0 saturated heterocycles. The zero-order chi connectivity index (χ0) is 21.9. The largest absolute Gasteiger partial charge is 0.417 e. The van der Waals surface area contributed by atoms with E-state index in [9.17, 15) is 13.2 Å². The van der Waals surface area contributed by atoms with Gasteiger partial charge in [-0.25, -0.2) is 4.98 Å². The average molecular weight is 411 g/mol. The number of rotatable bonds is 3. The lowest BCUT2D eigenvalue weighted by atomic mass is 10.0. The molecule has 2 aromatic rings. The van der Waals surface area contributed by atoms with Crippen LogP contribution in [0.3, 0.4) is 0 Å². The molecule has 156 valence electrons. The van der Waals surface area contributed by atoms with E-state index in [0.29, 0.717) is 12.4 Å². The van der Waals surface area contributed by atoms with Crippen LogP contribution < -0.4 is 10.6 Å². The van der Waals surface area contributed by atoms with Crippen molar-refractivity contribution in [2.45, 2.75) is 26.9 Å². The third-order valence-corrected chi connectivity index (χ3v) is 5.02. The molecule has 0 fully saturated rings. The first kappa shape index (κ1) is 21.4. The second kappa shape index (κ2) is 8.61. The first-order valence-electron chi connectivity index (χ1n) is 9.56. The number of nitrogens with zero attached hydrogens (tertiary/aromatic N) is 1. The fourth-order valence-electron chi connectivity index (χ4n) is 3.21. The number of aryl methyl sites for hydroxylation is 1. The Morgan fingerprint density at radius 1 is 1.10 bits per heavy atom. The molecule has 1 aliphatic rings. The SMILES string of the molecule is C=C1/C=C\C=C/NC/C(C)=C/1Nc1nc(-c2ccccc2C(F)(F)F)cc(C)c1C. The Balaban J connectivity index is 2.09. The van der Waals surface area contributed by atoms with Crippen molar-refractivity contribution in [1.29, 1.82) is 0 Å². The van der Waals surface area contributed by atoms with Gasteiger partial charge in [0, 0.05) is 17.8 Å². The van der Waals surface area contributed by atoms with Gasteiger partial charge in [-0.3, -0.25) is 0 Å². The van der Waals surface area contributed by atoms with Gasteiger partial charge in [0.05, 0.1) is 11.3 Å². The molecule has 0 spiro atoms. The summed E-state index contributed by atoms with van der Waals surface area (Å²) in [5, 5.41) is 6.51. The normalized spacial score (nSPS) is 19.3. The minimum absolute atomic E-state index is 0.0564. The van der Waals surface area contributed by atoms with Crippen molar-refractivity contribution in [1.82, 2.24) is 10.3 Å². The van der Waals surface area contributed by atoms with E-state index in [1.165, 1.54) is 12.1 Å². The minimum atomic E-state index is -4.46. The number of allylic oxidation sites excluding steroid dienone is 3. The molecule has 0 saturated carbocycles. The second-order valence-corrected chi connectivity index (χ2v) is 7.25. The number of halogens is 3. The maximum atomic E-state index is 13.5. The molecule has 3 rings (SSSR count). The Morgan fingerprint density at radius 3 is 2.57 bits per heavy atom. The third-order valence-electron chi connectivity index (χ3n) is 5.02. The Labute approximate surface area is 174 Å². The number of anilines is 1. The highest BCUT2D eigenvalue weighted by Crippen LogP contribution is 2.37. The van der Waals surface area contributed by atoms with Crippen LogP contribution in [0.15, 0.2) is 78.2 Å². The Morgan fingerprint density at radius 2 is 1.83 bits per heavy atom. The summed E-state index contributed by atoms with van der Waals surface area (Å²) in [6.07, 6.45) is 3.01. The van der Waals surface area contributed by atoms with Crippen molar-refractivity contribution in [3.05, 3.63) is 94.9 Å². The molecule has 0 atom stereocenters. The van der Waals surface area contributed by atoms with E-state index in [1.807, 2.05) is 45.2 Å². The van der Waals surface area contributed by atoms with Gasteiger partial charge in [0.15, 0.2) is 0 Å². The third kappa shape index (κ3) is 4.64. The van der Waals surface area contributed by atoms with E-state index in [-0.39, 0.29) is 11.3 Å². The molecule has 0 aliphatic carbocycles. The van der Waals surface area contributed by atoms with Crippen LogP contribution >= 0.6 is 0 Å². The quantitative estimate of drug-likeness (QED) is 0.622. The maximum absolute atomic E-state index is 13.5. The van der Waals surface area contributed by atoms with Crippen LogP contribution in [-0.2, 0) is 6.18 Å². The van der Waals surface area contributed by atoms with Crippen LogP contribution in [0.5, 0.6) is 0 Å². The lowest BCUT2D eigenvalue weighted by Crippen LogP contribution is -2.14. The summed E-state index contributed by atoms with van der Waals surface area (Å²) < 4.78 is 40.6. The zero-order valence-corrected chi connectivity index (χ0v) is 17.2. The predicted octanol–water partition coefficient (Wildman–Crippen LogP) is 6.30. The van der Waals surface area contributed by atoms with E-state index >= 15 is 0 Å². The molecule has 2 N–H and O–H groups in total. The Bertz CT molecular complexity index is 1060. The van der Waals surface area contributed by atoms with Crippen molar-refractivity contribution >= 4 is 5.82 Å². The lowest BCUT2D eigenvalue weighted by Gasteiger charge is -2.19. The van der Waals surface area contributed by atoms with Crippen molar-refractivity contribution in [2.24, 2.45) is 0 Å². The maximum Gasteiger partial charge on any atom is 0.417 e. The van der Waals surface area contributed by atoms with Crippen molar-refractivity contribution in [2.75, 3.05) is 11.9 Å². The molecule has 2 heterocycles. The van der Waals surface area contributed by atoms with Crippen molar-refractivity contribution < 1.29 is 13.2 Å². The topological polar surface area (TPSA) is 37.0 Å². The summed E-state index contributed by atoms with van der Waals surface area (Å²) in [5.41, 5.74) is 3.91. The molecule has 1 aromatic heterocycles. The van der Waals surface area contributed by atoms with Crippen LogP contribution in [0.25, 0.3) is 11.3 Å². The van der Waals surface area contributed by atoms with E-state index < -0.39 is 11.7 Å². The van der Waals surface area contributed by atoms with Crippen LogP contribution in [-0.4, -0.2) is 11.5 Å². The molecular weight excluding hydrogens is 387 g/mol. The van der Waals surface area contributed by atoms with Gasteiger partial charge >= 0.3 is 6.18 Å². The highest BCUT2D eigenvalue weighted by molar-refractivity contribution is 5.70. The monoisotopic (exact) mass is 411 g/mol. The number of benzene rings is 1. The van der Waals surface area contributed by atoms with Gasteiger partial charge in [0.25, 0.3) is 0 Å². The van der Waals surface area contributed by atoms with E-state index in [0.717, 1.165) is 34.0 Å². The Kier molecular flexibility index (Phi) is 6.15. The highest BCUT2D eigenvalue weighted by atomic mass is 19.4. The predicted molar refractivity (Wildman–Crippen MR) is 116 cm³/mol. The molecule has 0 bridgehead atoms. The second-order valence-electron chi connectivity index (χ2n) is 7.25. The van der Waals surface area contributed by atoms with Gasteiger partial charge in [-0.15, -0.1) is 0 Å². The fourth-order valence-corrected chi connectivity index (χ4v) is 3.21. The average Bonchev–Trinajstić information content (AvgIpc) is 2.77. The number of hydrogen-bond donors (Lipinski definition) is 2. The standard InChI is InChI=1S/C24H24F3N3/c1-15-9-7-8-12-28-14-17(3)22(15)30-23-18(4)16(2)13-21(29-23)19-10-5-6-11-20(19)24(25,26)27/h5-13,28H,1,14H2,2-4H3,(H,29,30)/b9-7-,12-8-,22-17-. The van der Waals surface area contributed by atoms with Gasteiger partial charge in [0.1, 0.15) is 5.82 Å². The summed E-state index contributed by atoms with van der Waals surface area (Å²) in [6.45, 7) is 10.5. The van der Waals surface area contributed by atoms with Gasteiger partial charge < -0.3 is 10.6 Å². The van der Waals surface area contributed by atoms with Crippen LogP contribution in [0, 0.1) is 13.8 Å². The van der Waals surface area contributed by atoms with Crippen LogP contribution in [0.2, 0.25) is 0 Å². The van der Waals surface area contributed by atoms with E-state index in [1.54, 1.807) is 12.1 Å². The van der Waals surface area contributed by atoms with Gasteiger partial charge in [-0.1, -0.05) is 36.9 Å². The van der Waals surface area contributed by atoms with Gasteiger partial charge in [-0.05, 0) is 67.5 Å². The molecule has 0 radical (unpaired) electrons. The molecule has 30 heavy (non-hydrogen) atoms. The van der Waals surface area contributed by atoms with E-state index in [2.05, 4.69) is 22.2 Å². The highest BCUT2D eigenvalue weighted by Gasteiger charge is 2.33. The summed E-state index contributed by atoms with van der Waals surface area (Å²) in [5.74, 6) is 0.512. The smallest absolute Gasteiger partial charge is 0.387 e. The van der Waals surface area contributed by atoms with Gasteiger partial charge in [-0.2, -0.15) is 13.2 Å². The number of aromatic nitrogens is 1. The number of hydrogen-bond acceptors (Lipinski definition) is 3. The lowest BCUT2D eigenvalue weighted by molar-refractivity contribution is -0.137. The Hall–Kier alpha value is -3.28. The molecule has 1 aliphatic heterocycles. The zero-order valence-electron chi connectivity index (χ0n) is 17.2. The number of nitrogens with one attached hydrogen (secondary N) is 2. The summed E-state index contributed by atoms with van der Waals surface area (Å²) in [7, 11) is 0. The number of pyridine rings is 1. The molecular formula is C24H24F3N3. The van der Waals surface area contributed by atoms with Crippen LogP contribution in [0.1, 0.15) is 23.6 Å². The number of alkyl halides is 3. The molecule has 3 nitrogen and oxygen atoms in total. The van der Waals surface area contributed by atoms with E-state index in [4.69, 9.17) is 0 Å². The summed E-state index contributed by atoms with van der Waals surface area (Å²) in [4.78, 5) is 4.57. The first-order valence-corrected chi connectivity index (χ1v) is 9.56. The minimum Gasteiger partial charge on any atom is -0.387 e.